The van der Waals surface area contributed by atoms with Gasteiger partial charge < -0.3 is 5.32 Å². The molecule has 17 heavy (non-hydrogen) atoms. The Kier molecular flexibility index (Phi) is 4.95. The fourth-order valence-corrected chi connectivity index (χ4v) is 1.68. The summed E-state index contributed by atoms with van der Waals surface area (Å²) in [6.07, 6.45) is 5.55. The monoisotopic (exact) mass is 231 g/mol. The molecule has 0 unspecified atom stereocenters. The van der Waals surface area contributed by atoms with E-state index in [-0.39, 0.29) is 5.54 Å². The zero-order chi connectivity index (χ0) is 12.9. The van der Waals surface area contributed by atoms with Gasteiger partial charge in [-0.3, -0.25) is 0 Å². The highest BCUT2D eigenvalue weighted by molar-refractivity contribution is 5.54. The van der Waals surface area contributed by atoms with Crippen molar-refractivity contribution in [3.63, 3.8) is 0 Å². The van der Waals surface area contributed by atoms with Crippen LogP contribution in [0.15, 0.2) is 24.3 Å². The third-order valence-corrected chi connectivity index (χ3v) is 2.70. The normalized spacial score (nSPS) is 12.3. The molecule has 0 heterocycles. The molecule has 0 bridgehead atoms. The van der Waals surface area contributed by atoms with Gasteiger partial charge in [-0.15, -0.1) is 0 Å². The molecule has 1 N–H and O–H groups in total. The van der Waals surface area contributed by atoms with Gasteiger partial charge in [-0.05, 0) is 58.7 Å². The SMILES string of the molecule is Cc1ccc(C)c(C=CCCNC(C)(C)C)c1. The van der Waals surface area contributed by atoms with Crippen molar-refractivity contribution in [3.05, 3.63) is 41.0 Å². The lowest BCUT2D eigenvalue weighted by molar-refractivity contribution is 0.431. The fourth-order valence-electron chi connectivity index (χ4n) is 1.68. The minimum Gasteiger partial charge on any atom is -0.312 e. The Labute approximate surface area is 106 Å². The average Bonchev–Trinajstić information content (AvgIpc) is 2.21. The first-order chi connectivity index (χ1) is 7.88. The summed E-state index contributed by atoms with van der Waals surface area (Å²) in [5.41, 5.74) is 4.21. The fraction of sp³-hybridized carbons (Fsp3) is 0.500. The molecular formula is C16H25N. The van der Waals surface area contributed by atoms with Gasteiger partial charge >= 0.3 is 0 Å². The van der Waals surface area contributed by atoms with E-state index in [1.807, 2.05) is 0 Å². The van der Waals surface area contributed by atoms with Crippen LogP contribution < -0.4 is 5.32 Å². The van der Waals surface area contributed by atoms with Crippen molar-refractivity contribution in [2.75, 3.05) is 6.54 Å². The highest BCUT2D eigenvalue weighted by atomic mass is 14.9. The summed E-state index contributed by atoms with van der Waals surface area (Å²) in [7, 11) is 0. The topological polar surface area (TPSA) is 12.0 Å². The Morgan fingerprint density at radius 3 is 2.53 bits per heavy atom. The first-order valence-corrected chi connectivity index (χ1v) is 6.37. The van der Waals surface area contributed by atoms with E-state index in [0.29, 0.717) is 0 Å². The molecule has 0 aliphatic rings. The minimum atomic E-state index is 0.215. The van der Waals surface area contributed by atoms with Gasteiger partial charge in [0.2, 0.25) is 0 Å². The van der Waals surface area contributed by atoms with Crippen molar-refractivity contribution < 1.29 is 0 Å². The molecule has 0 fully saturated rings. The predicted molar refractivity (Wildman–Crippen MR) is 77.3 cm³/mol. The van der Waals surface area contributed by atoms with Crippen LogP contribution in [0, 0.1) is 13.8 Å². The summed E-state index contributed by atoms with van der Waals surface area (Å²) in [4.78, 5) is 0. The molecule has 1 aromatic rings. The quantitative estimate of drug-likeness (QED) is 0.769. The van der Waals surface area contributed by atoms with E-state index >= 15 is 0 Å². The molecule has 0 aromatic heterocycles. The van der Waals surface area contributed by atoms with Gasteiger partial charge in [0.25, 0.3) is 0 Å². The van der Waals surface area contributed by atoms with Crippen LogP contribution in [0.3, 0.4) is 0 Å². The van der Waals surface area contributed by atoms with E-state index in [1.54, 1.807) is 0 Å². The number of hydrogen-bond donors (Lipinski definition) is 1. The maximum Gasteiger partial charge on any atom is 0.00966 e. The average molecular weight is 231 g/mol. The summed E-state index contributed by atoms with van der Waals surface area (Å²) >= 11 is 0. The van der Waals surface area contributed by atoms with E-state index in [9.17, 15) is 0 Å². The molecule has 0 saturated heterocycles. The van der Waals surface area contributed by atoms with Crippen LogP contribution in [0.4, 0.5) is 0 Å². The first-order valence-electron chi connectivity index (χ1n) is 6.37. The Morgan fingerprint density at radius 2 is 1.88 bits per heavy atom. The van der Waals surface area contributed by atoms with Gasteiger partial charge in [0.1, 0.15) is 0 Å². The molecule has 1 rings (SSSR count). The highest BCUT2D eigenvalue weighted by Crippen LogP contribution is 2.12. The van der Waals surface area contributed by atoms with Gasteiger partial charge in [0, 0.05) is 5.54 Å². The molecule has 0 aliphatic heterocycles. The molecule has 0 spiro atoms. The minimum absolute atomic E-state index is 0.215. The molecule has 0 radical (unpaired) electrons. The van der Waals surface area contributed by atoms with E-state index in [2.05, 4.69) is 70.3 Å². The summed E-state index contributed by atoms with van der Waals surface area (Å²) in [5.74, 6) is 0. The molecular weight excluding hydrogens is 206 g/mol. The van der Waals surface area contributed by atoms with Crippen LogP contribution in [0.25, 0.3) is 6.08 Å². The van der Waals surface area contributed by atoms with Crippen molar-refractivity contribution in [1.29, 1.82) is 0 Å². The molecule has 1 aromatic carbocycles. The Hall–Kier alpha value is -1.08. The van der Waals surface area contributed by atoms with Crippen molar-refractivity contribution in [3.8, 4) is 0 Å². The maximum absolute atomic E-state index is 3.48. The summed E-state index contributed by atoms with van der Waals surface area (Å²) < 4.78 is 0. The van der Waals surface area contributed by atoms with Crippen molar-refractivity contribution in [2.24, 2.45) is 0 Å². The lowest BCUT2D eigenvalue weighted by atomic mass is 10.0. The zero-order valence-corrected chi connectivity index (χ0v) is 11.8. The van der Waals surface area contributed by atoms with Crippen LogP contribution >= 0.6 is 0 Å². The largest absolute Gasteiger partial charge is 0.312 e. The van der Waals surface area contributed by atoms with Gasteiger partial charge in [-0.2, -0.15) is 0 Å². The molecule has 0 amide bonds. The third-order valence-electron chi connectivity index (χ3n) is 2.70. The molecule has 0 atom stereocenters. The van der Waals surface area contributed by atoms with Gasteiger partial charge in [0.15, 0.2) is 0 Å². The predicted octanol–water partition coefficient (Wildman–Crippen LogP) is 4.09. The van der Waals surface area contributed by atoms with E-state index in [1.165, 1.54) is 16.7 Å². The van der Waals surface area contributed by atoms with Crippen molar-refractivity contribution >= 4 is 6.08 Å². The number of nitrogens with one attached hydrogen (secondary N) is 1. The molecule has 94 valence electrons. The summed E-state index contributed by atoms with van der Waals surface area (Å²) in [6, 6.07) is 6.58. The first kappa shape index (κ1) is 14.0. The van der Waals surface area contributed by atoms with E-state index in [0.717, 1.165) is 13.0 Å². The number of rotatable bonds is 4. The van der Waals surface area contributed by atoms with Crippen molar-refractivity contribution in [1.82, 2.24) is 5.32 Å². The second kappa shape index (κ2) is 6.02. The smallest absolute Gasteiger partial charge is 0.00966 e. The highest BCUT2D eigenvalue weighted by Gasteiger charge is 2.06. The van der Waals surface area contributed by atoms with Crippen LogP contribution in [0.1, 0.15) is 43.9 Å². The Morgan fingerprint density at radius 1 is 1.18 bits per heavy atom. The molecule has 0 aliphatic carbocycles. The number of benzene rings is 1. The van der Waals surface area contributed by atoms with Crippen LogP contribution in [-0.2, 0) is 0 Å². The molecule has 0 saturated carbocycles. The third kappa shape index (κ3) is 5.69. The zero-order valence-electron chi connectivity index (χ0n) is 11.8. The summed E-state index contributed by atoms with van der Waals surface area (Å²) in [5, 5.41) is 3.48. The summed E-state index contributed by atoms with van der Waals surface area (Å²) in [6.45, 7) is 11.9. The van der Waals surface area contributed by atoms with Crippen molar-refractivity contribution in [2.45, 2.75) is 46.6 Å². The maximum atomic E-state index is 3.48. The Bertz CT molecular complexity index is 383. The van der Waals surface area contributed by atoms with Gasteiger partial charge in [-0.25, -0.2) is 0 Å². The van der Waals surface area contributed by atoms with E-state index < -0.39 is 0 Å². The van der Waals surface area contributed by atoms with E-state index in [4.69, 9.17) is 0 Å². The van der Waals surface area contributed by atoms with Crippen LogP contribution in [-0.4, -0.2) is 12.1 Å². The lowest BCUT2D eigenvalue weighted by Gasteiger charge is -2.19. The number of aryl methyl sites for hydroxylation is 2. The second-order valence-corrected chi connectivity index (χ2v) is 5.73. The lowest BCUT2D eigenvalue weighted by Crippen LogP contribution is -2.36. The molecule has 1 heteroatoms. The Balaban J connectivity index is 2.46. The second-order valence-electron chi connectivity index (χ2n) is 5.73. The number of hydrogen-bond acceptors (Lipinski definition) is 1. The van der Waals surface area contributed by atoms with Crippen LogP contribution in [0.2, 0.25) is 0 Å². The standard InChI is InChI=1S/C16H25N/c1-13-9-10-14(2)15(12-13)8-6-7-11-17-16(3,4)5/h6,8-10,12,17H,7,11H2,1-5H3. The van der Waals surface area contributed by atoms with Crippen LogP contribution in [0.5, 0.6) is 0 Å². The molecule has 1 nitrogen and oxygen atoms in total. The van der Waals surface area contributed by atoms with Gasteiger partial charge in [0.05, 0.1) is 0 Å². The van der Waals surface area contributed by atoms with Gasteiger partial charge in [-0.1, -0.05) is 35.9 Å².